The Morgan fingerprint density at radius 1 is 1.82 bits per heavy atom. The van der Waals surface area contributed by atoms with Crippen LogP contribution in [0, 0.1) is 0 Å². The first-order valence-corrected chi connectivity index (χ1v) is 2.95. The summed E-state index contributed by atoms with van der Waals surface area (Å²) < 4.78 is 18.4. The Labute approximate surface area is 63.5 Å². The minimum absolute atomic E-state index is 0.0669. The molecule has 0 spiro atoms. The van der Waals surface area contributed by atoms with Crippen LogP contribution in [-0.2, 0) is 23.7 Å². The third kappa shape index (κ3) is 2.12. The quantitative estimate of drug-likeness (QED) is 0.429. The molecule has 5 heteroatoms. The van der Waals surface area contributed by atoms with E-state index in [0.717, 1.165) is 0 Å². The lowest BCUT2D eigenvalue weighted by Gasteiger charge is -2.01. The van der Waals surface area contributed by atoms with Crippen molar-refractivity contribution in [2.45, 2.75) is 0 Å². The average Bonchev–Trinajstić information content (AvgIpc) is 2.52. The number of ether oxygens (including phenoxy) is 4. The second kappa shape index (κ2) is 3.82. The van der Waals surface area contributed by atoms with E-state index in [1.807, 2.05) is 0 Å². The highest BCUT2D eigenvalue weighted by Crippen LogP contribution is 2.07. The average molecular weight is 160 g/mol. The highest BCUT2D eigenvalue weighted by molar-refractivity contribution is 5.86. The monoisotopic (exact) mass is 160 g/mol. The predicted octanol–water partition coefficient (Wildman–Crippen LogP) is -0.0208. The fourth-order valence-corrected chi connectivity index (χ4v) is 0.532. The van der Waals surface area contributed by atoms with Gasteiger partial charge in [-0.1, -0.05) is 0 Å². The van der Waals surface area contributed by atoms with Crippen LogP contribution in [0.25, 0.3) is 0 Å². The van der Waals surface area contributed by atoms with Crippen molar-refractivity contribution >= 4 is 5.97 Å². The molecule has 0 radical (unpaired) electrons. The van der Waals surface area contributed by atoms with Gasteiger partial charge in [0.1, 0.15) is 6.26 Å². The predicted molar refractivity (Wildman–Crippen MR) is 33.1 cm³/mol. The molecule has 0 saturated carbocycles. The molecular weight excluding hydrogens is 152 g/mol. The van der Waals surface area contributed by atoms with Crippen molar-refractivity contribution < 1.29 is 23.7 Å². The van der Waals surface area contributed by atoms with E-state index in [9.17, 15) is 4.79 Å². The van der Waals surface area contributed by atoms with Gasteiger partial charge in [-0.3, -0.25) is 0 Å². The number of methoxy groups -OCH3 is 1. The maximum absolute atomic E-state index is 10.8. The number of hydrogen-bond donors (Lipinski definition) is 0. The Balaban J connectivity index is 2.29. The molecule has 62 valence electrons. The van der Waals surface area contributed by atoms with E-state index in [4.69, 9.17) is 4.74 Å². The van der Waals surface area contributed by atoms with Gasteiger partial charge in [0.2, 0.25) is 12.6 Å². The first-order chi connectivity index (χ1) is 5.34. The summed E-state index contributed by atoms with van der Waals surface area (Å²) in [6, 6.07) is 0. The summed E-state index contributed by atoms with van der Waals surface area (Å²) in [5, 5.41) is 0. The molecule has 0 fully saturated rings. The summed E-state index contributed by atoms with van der Waals surface area (Å²) in [5.41, 5.74) is 0. The largest absolute Gasteiger partial charge is 0.461 e. The summed E-state index contributed by atoms with van der Waals surface area (Å²) >= 11 is 0. The molecule has 0 aromatic heterocycles. The topological polar surface area (TPSA) is 54.0 Å². The third-order valence-electron chi connectivity index (χ3n) is 0.982. The van der Waals surface area contributed by atoms with Crippen molar-refractivity contribution in [1.82, 2.24) is 0 Å². The molecule has 1 aliphatic rings. The van der Waals surface area contributed by atoms with Crippen LogP contribution in [0.4, 0.5) is 0 Å². The molecule has 1 rings (SSSR count). The zero-order valence-corrected chi connectivity index (χ0v) is 6.03. The molecule has 0 atom stereocenters. The van der Waals surface area contributed by atoms with Gasteiger partial charge in [-0.05, 0) is 0 Å². The Kier molecular flexibility index (Phi) is 2.74. The molecular formula is C6H8O5. The fourth-order valence-electron chi connectivity index (χ4n) is 0.532. The summed E-state index contributed by atoms with van der Waals surface area (Å²) in [6.45, 7) is -0.0169. The molecule has 0 bridgehead atoms. The van der Waals surface area contributed by atoms with E-state index in [-0.39, 0.29) is 19.3 Å². The standard InChI is InChI=1S/C6H8O5/c1-8-3-11-6(7)5-2-9-4-10-5/h2H,3-4H2,1H3. The normalized spacial score (nSPS) is 14.8. The highest BCUT2D eigenvalue weighted by atomic mass is 16.7. The second-order valence-corrected chi connectivity index (χ2v) is 1.75. The highest BCUT2D eigenvalue weighted by Gasteiger charge is 2.17. The minimum Gasteiger partial charge on any atom is -0.461 e. The molecule has 0 unspecified atom stereocenters. The van der Waals surface area contributed by atoms with Crippen LogP contribution in [0.3, 0.4) is 0 Å². The van der Waals surface area contributed by atoms with Crippen LogP contribution in [0.2, 0.25) is 0 Å². The number of carbonyl (C=O) groups excluding carboxylic acids is 1. The van der Waals surface area contributed by atoms with Gasteiger partial charge in [-0.2, -0.15) is 0 Å². The van der Waals surface area contributed by atoms with Gasteiger partial charge in [0, 0.05) is 7.11 Å². The smallest absolute Gasteiger partial charge is 0.379 e. The van der Waals surface area contributed by atoms with Crippen LogP contribution in [0.15, 0.2) is 12.0 Å². The molecule has 0 aromatic rings. The zero-order chi connectivity index (χ0) is 8.10. The minimum atomic E-state index is -0.579. The number of rotatable bonds is 3. The van der Waals surface area contributed by atoms with Gasteiger partial charge < -0.3 is 18.9 Å². The molecule has 5 nitrogen and oxygen atoms in total. The van der Waals surface area contributed by atoms with Crippen molar-refractivity contribution in [3.05, 3.63) is 12.0 Å². The number of hydrogen-bond acceptors (Lipinski definition) is 5. The zero-order valence-electron chi connectivity index (χ0n) is 6.03. The summed E-state index contributed by atoms with van der Waals surface area (Å²) in [5.74, 6) is -0.508. The van der Waals surface area contributed by atoms with Crippen molar-refractivity contribution in [1.29, 1.82) is 0 Å². The first kappa shape index (κ1) is 7.87. The molecule has 1 aliphatic heterocycles. The van der Waals surface area contributed by atoms with Crippen LogP contribution in [0.5, 0.6) is 0 Å². The Morgan fingerprint density at radius 2 is 2.64 bits per heavy atom. The van der Waals surface area contributed by atoms with Gasteiger partial charge in [-0.25, -0.2) is 4.79 Å². The Morgan fingerprint density at radius 3 is 3.18 bits per heavy atom. The lowest BCUT2D eigenvalue weighted by Crippen LogP contribution is -2.09. The van der Waals surface area contributed by atoms with Crippen molar-refractivity contribution in [3.8, 4) is 0 Å². The van der Waals surface area contributed by atoms with Crippen molar-refractivity contribution in [2.75, 3.05) is 20.7 Å². The van der Waals surface area contributed by atoms with E-state index >= 15 is 0 Å². The molecule has 0 aromatic carbocycles. The summed E-state index contributed by atoms with van der Waals surface area (Å²) in [4.78, 5) is 10.8. The number of esters is 1. The van der Waals surface area contributed by atoms with Gasteiger partial charge in [0.25, 0.3) is 0 Å². The molecule has 1 heterocycles. The maximum atomic E-state index is 10.8. The molecule has 0 aliphatic carbocycles. The van der Waals surface area contributed by atoms with Crippen molar-refractivity contribution in [2.24, 2.45) is 0 Å². The van der Waals surface area contributed by atoms with Gasteiger partial charge >= 0.3 is 5.97 Å². The molecule has 11 heavy (non-hydrogen) atoms. The SMILES string of the molecule is COCOC(=O)C1=COCO1. The maximum Gasteiger partial charge on any atom is 0.379 e. The molecule has 0 N–H and O–H groups in total. The van der Waals surface area contributed by atoms with Gasteiger partial charge in [0.05, 0.1) is 0 Å². The lowest BCUT2D eigenvalue weighted by molar-refractivity contribution is -0.153. The van der Waals surface area contributed by atoms with E-state index in [1.54, 1.807) is 0 Å². The molecule has 0 amide bonds. The van der Waals surface area contributed by atoms with E-state index in [1.165, 1.54) is 13.4 Å². The summed E-state index contributed by atoms with van der Waals surface area (Å²) in [6.07, 6.45) is 1.21. The Bertz CT molecular complexity index is 174. The fraction of sp³-hybridized carbons (Fsp3) is 0.500. The van der Waals surface area contributed by atoms with Crippen LogP contribution in [0.1, 0.15) is 0 Å². The van der Waals surface area contributed by atoms with Crippen molar-refractivity contribution in [3.63, 3.8) is 0 Å². The number of carbonyl (C=O) groups is 1. The Hall–Kier alpha value is -1.23. The van der Waals surface area contributed by atoms with Crippen LogP contribution in [-0.4, -0.2) is 26.7 Å². The van der Waals surface area contributed by atoms with Gasteiger partial charge in [-0.15, -0.1) is 0 Å². The van der Waals surface area contributed by atoms with E-state index < -0.39 is 5.97 Å². The van der Waals surface area contributed by atoms with Gasteiger partial charge in [0.15, 0.2) is 6.79 Å². The molecule has 0 saturated heterocycles. The van der Waals surface area contributed by atoms with Crippen LogP contribution >= 0.6 is 0 Å². The van der Waals surface area contributed by atoms with E-state index in [0.29, 0.717) is 0 Å². The summed E-state index contributed by atoms with van der Waals surface area (Å²) in [7, 11) is 1.42. The van der Waals surface area contributed by atoms with E-state index in [2.05, 4.69) is 14.2 Å². The van der Waals surface area contributed by atoms with Crippen LogP contribution < -0.4 is 0 Å². The third-order valence-corrected chi connectivity index (χ3v) is 0.982. The lowest BCUT2D eigenvalue weighted by atomic mass is 10.6. The first-order valence-electron chi connectivity index (χ1n) is 2.95. The second-order valence-electron chi connectivity index (χ2n) is 1.75.